The molecule has 0 fully saturated rings. The van der Waals surface area contributed by atoms with Crippen LogP contribution < -0.4 is 0 Å². The predicted octanol–water partition coefficient (Wildman–Crippen LogP) is 3.67. The van der Waals surface area contributed by atoms with Crippen LogP contribution in [0.25, 0.3) is 0 Å². The Morgan fingerprint density at radius 1 is 1.31 bits per heavy atom. The lowest BCUT2D eigenvalue weighted by molar-refractivity contribution is -0.185. The van der Waals surface area contributed by atoms with E-state index in [4.69, 9.17) is 0 Å². The zero-order chi connectivity index (χ0) is 12.8. The second-order valence-corrected chi connectivity index (χ2v) is 4.36. The van der Waals surface area contributed by atoms with Crippen molar-refractivity contribution in [2.24, 2.45) is 0 Å². The highest BCUT2D eigenvalue weighted by molar-refractivity contribution is 8.13. The second kappa shape index (κ2) is 7.09. The van der Waals surface area contributed by atoms with Gasteiger partial charge in [0.2, 0.25) is 0 Å². The molecule has 0 aliphatic carbocycles. The largest absolute Gasteiger partial charge is 0.419 e. The van der Waals surface area contributed by atoms with E-state index in [1.807, 2.05) is 0 Å². The molecule has 16 heavy (non-hydrogen) atoms. The van der Waals surface area contributed by atoms with Gasteiger partial charge in [-0.2, -0.15) is 13.2 Å². The Labute approximate surface area is 94.8 Å². The predicted molar refractivity (Wildman–Crippen MR) is 52.8 cm³/mol. The molecule has 0 aliphatic rings. The maximum Gasteiger partial charge on any atom is 0.419 e. The quantitative estimate of drug-likeness (QED) is 0.681. The molecule has 0 radical (unpaired) electrons. The molecule has 7 heteroatoms. The molecule has 0 bridgehead atoms. The molecule has 0 aromatic carbocycles. The molecular weight excluding hydrogens is 251 g/mol. The van der Waals surface area contributed by atoms with E-state index in [9.17, 15) is 26.7 Å². The number of carbonyl (C=O) groups excluding carboxylic acids is 1. The van der Waals surface area contributed by atoms with Crippen molar-refractivity contribution in [3.63, 3.8) is 0 Å². The summed E-state index contributed by atoms with van der Waals surface area (Å²) in [6, 6.07) is 0. The van der Waals surface area contributed by atoms with Crippen molar-refractivity contribution in [3.05, 3.63) is 0 Å². The van der Waals surface area contributed by atoms with Gasteiger partial charge in [-0.1, -0.05) is 18.7 Å². The first-order chi connectivity index (χ1) is 7.27. The van der Waals surface area contributed by atoms with Crippen LogP contribution in [0.15, 0.2) is 0 Å². The van der Waals surface area contributed by atoms with Crippen LogP contribution in [0.2, 0.25) is 0 Å². The third kappa shape index (κ3) is 7.03. The van der Waals surface area contributed by atoms with E-state index >= 15 is 0 Å². The molecule has 0 aromatic heterocycles. The first-order valence-electron chi connectivity index (χ1n) is 4.77. The zero-order valence-electron chi connectivity index (χ0n) is 8.69. The standard InChI is InChI=1S/C9H13F5OS/c1-2-8(15)16-4-3-6(10)5-7(11)9(12,13)14/h6-7H,2-5H2,1H3. The molecule has 0 aliphatic heterocycles. The summed E-state index contributed by atoms with van der Waals surface area (Å²) in [5.74, 6) is 0.0818. The number of rotatable bonds is 6. The van der Waals surface area contributed by atoms with Gasteiger partial charge >= 0.3 is 6.18 Å². The molecular formula is C9H13F5OS. The van der Waals surface area contributed by atoms with E-state index in [0.29, 0.717) is 0 Å². The summed E-state index contributed by atoms with van der Waals surface area (Å²) in [5.41, 5.74) is 0. The normalized spacial score (nSPS) is 15.9. The maximum atomic E-state index is 12.9. The minimum Gasteiger partial charge on any atom is -0.287 e. The van der Waals surface area contributed by atoms with Crippen molar-refractivity contribution < 1.29 is 26.7 Å². The molecule has 0 amide bonds. The van der Waals surface area contributed by atoms with Crippen molar-refractivity contribution in [2.45, 2.75) is 44.7 Å². The van der Waals surface area contributed by atoms with Crippen LogP contribution in [0, 0.1) is 0 Å². The highest BCUT2D eigenvalue weighted by Gasteiger charge is 2.41. The highest BCUT2D eigenvalue weighted by atomic mass is 32.2. The van der Waals surface area contributed by atoms with E-state index in [-0.39, 0.29) is 23.7 Å². The second-order valence-electron chi connectivity index (χ2n) is 3.20. The van der Waals surface area contributed by atoms with Crippen LogP contribution >= 0.6 is 11.8 Å². The van der Waals surface area contributed by atoms with Crippen molar-refractivity contribution in [1.29, 1.82) is 0 Å². The number of carbonyl (C=O) groups is 1. The first kappa shape index (κ1) is 15.7. The fourth-order valence-corrected chi connectivity index (χ4v) is 1.68. The number of thioether (sulfide) groups is 1. The van der Waals surface area contributed by atoms with Crippen molar-refractivity contribution in [1.82, 2.24) is 0 Å². The summed E-state index contributed by atoms with van der Waals surface area (Å²) in [5, 5.41) is -0.153. The number of hydrogen-bond acceptors (Lipinski definition) is 2. The third-order valence-electron chi connectivity index (χ3n) is 1.80. The maximum absolute atomic E-state index is 12.9. The molecule has 0 heterocycles. The van der Waals surface area contributed by atoms with E-state index in [0.717, 1.165) is 11.8 Å². The average Bonchev–Trinajstić information content (AvgIpc) is 2.15. The van der Waals surface area contributed by atoms with Gasteiger partial charge in [-0.3, -0.25) is 4.79 Å². The minimum absolute atomic E-state index is 0.0818. The summed E-state index contributed by atoms with van der Waals surface area (Å²) >= 11 is 0.857. The fraction of sp³-hybridized carbons (Fsp3) is 0.889. The smallest absolute Gasteiger partial charge is 0.287 e. The van der Waals surface area contributed by atoms with Crippen LogP contribution in [0.1, 0.15) is 26.2 Å². The van der Waals surface area contributed by atoms with Crippen LogP contribution in [0.4, 0.5) is 22.0 Å². The van der Waals surface area contributed by atoms with Gasteiger partial charge in [0.05, 0.1) is 0 Å². The zero-order valence-corrected chi connectivity index (χ0v) is 9.51. The lowest BCUT2D eigenvalue weighted by Crippen LogP contribution is -2.27. The molecule has 2 unspecified atom stereocenters. The summed E-state index contributed by atoms with van der Waals surface area (Å²) in [4.78, 5) is 10.8. The summed E-state index contributed by atoms with van der Waals surface area (Å²) < 4.78 is 60.4. The third-order valence-corrected chi connectivity index (χ3v) is 2.85. The summed E-state index contributed by atoms with van der Waals surface area (Å²) in [6.45, 7) is 1.63. The van der Waals surface area contributed by atoms with E-state index < -0.39 is 24.9 Å². The average molecular weight is 264 g/mol. The van der Waals surface area contributed by atoms with Crippen LogP contribution in [0.3, 0.4) is 0 Å². The van der Waals surface area contributed by atoms with Crippen molar-refractivity contribution in [3.8, 4) is 0 Å². The van der Waals surface area contributed by atoms with Crippen molar-refractivity contribution in [2.75, 3.05) is 5.75 Å². The van der Waals surface area contributed by atoms with E-state index in [1.54, 1.807) is 6.92 Å². The van der Waals surface area contributed by atoms with Crippen molar-refractivity contribution >= 4 is 16.9 Å². The Balaban J connectivity index is 3.74. The fourth-order valence-electron chi connectivity index (χ4n) is 0.879. The van der Waals surface area contributed by atoms with E-state index in [2.05, 4.69) is 0 Å². The number of halogens is 5. The Bertz CT molecular complexity index is 218. The molecule has 0 N–H and O–H groups in total. The highest BCUT2D eigenvalue weighted by Crippen LogP contribution is 2.28. The van der Waals surface area contributed by atoms with Crippen LogP contribution in [-0.4, -0.2) is 29.4 Å². The number of hydrogen-bond donors (Lipinski definition) is 0. The molecule has 0 spiro atoms. The molecule has 0 saturated heterocycles. The Morgan fingerprint density at radius 2 is 1.88 bits per heavy atom. The van der Waals surface area contributed by atoms with Crippen LogP contribution in [0.5, 0.6) is 0 Å². The SMILES string of the molecule is CCC(=O)SCCC(F)CC(F)C(F)(F)F. The first-order valence-corrected chi connectivity index (χ1v) is 5.76. The Hall–Kier alpha value is -0.330. The molecule has 2 atom stereocenters. The van der Waals surface area contributed by atoms with Gasteiger partial charge in [0.15, 0.2) is 11.3 Å². The minimum atomic E-state index is -5.00. The lowest BCUT2D eigenvalue weighted by Gasteiger charge is -2.14. The van der Waals surface area contributed by atoms with E-state index in [1.165, 1.54) is 0 Å². The Morgan fingerprint density at radius 3 is 2.31 bits per heavy atom. The van der Waals surface area contributed by atoms with Gasteiger partial charge in [-0.05, 0) is 6.42 Å². The number of alkyl halides is 5. The summed E-state index contributed by atoms with van der Waals surface area (Å²) in [7, 11) is 0. The van der Waals surface area contributed by atoms with Gasteiger partial charge in [0, 0.05) is 18.6 Å². The molecule has 1 nitrogen and oxygen atoms in total. The molecule has 0 rings (SSSR count). The molecule has 0 saturated carbocycles. The topological polar surface area (TPSA) is 17.1 Å². The van der Waals surface area contributed by atoms with Gasteiger partial charge in [-0.25, -0.2) is 8.78 Å². The van der Waals surface area contributed by atoms with Gasteiger partial charge < -0.3 is 0 Å². The monoisotopic (exact) mass is 264 g/mol. The summed E-state index contributed by atoms with van der Waals surface area (Å²) in [6.07, 6.45) is -11.1. The molecule has 0 aromatic rings. The van der Waals surface area contributed by atoms with Gasteiger partial charge in [0.25, 0.3) is 0 Å². The lowest BCUT2D eigenvalue weighted by atomic mass is 10.1. The van der Waals surface area contributed by atoms with Gasteiger partial charge in [-0.15, -0.1) is 0 Å². The molecule has 96 valence electrons. The van der Waals surface area contributed by atoms with Gasteiger partial charge in [0.1, 0.15) is 6.17 Å². The van der Waals surface area contributed by atoms with Crippen LogP contribution in [-0.2, 0) is 4.79 Å². The Kier molecular flexibility index (Phi) is 6.94.